The molecule has 6 nitrogen and oxygen atoms in total. The van der Waals surface area contributed by atoms with Crippen molar-refractivity contribution in [2.24, 2.45) is 0 Å². The first-order valence-electron chi connectivity index (χ1n) is 9.07. The molecular weight excluding hydrogens is 370 g/mol. The molecule has 0 fully saturated rings. The minimum Gasteiger partial charge on any atom is -0.490 e. The number of rotatable bonds is 8. The standard InChI is InChI=1S/C23H21NO5/c1-27-23(26)17-11-13-18(14-12-17)24-22(25)20-9-5-6-10-21(20)29-16-15-28-19-7-3-2-4-8-19/h2-14H,15-16H2,1H3,(H,24,25). The highest BCUT2D eigenvalue weighted by Gasteiger charge is 2.13. The zero-order valence-corrected chi connectivity index (χ0v) is 16.0. The van der Waals surface area contributed by atoms with Crippen molar-refractivity contribution in [1.29, 1.82) is 0 Å². The van der Waals surface area contributed by atoms with Gasteiger partial charge in [-0.25, -0.2) is 4.79 Å². The lowest BCUT2D eigenvalue weighted by molar-refractivity contribution is 0.0600. The molecule has 0 spiro atoms. The maximum absolute atomic E-state index is 12.7. The second kappa shape index (κ2) is 9.94. The van der Waals surface area contributed by atoms with Gasteiger partial charge in [-0.15, -0.1) is 0 Å². The highest BCUT2D eigenvalue weighted by molar-refractivity contribution is 6.06. The Labute approximate surface area is 169 Å². The molecule has 0 unspecified atom stereocenters. The summed E-state index contributed by atoms with van der Waals surface area (Å²) in [6.07, 6.45) is 0. The van der Waals surface area contributed by atoms with E-state index in [0.29, 0.717) is 35.8 Å². The average molecular weight is 391 g/mol. The van der Waals surface area contributed by atoms with Gasteiger partial charge in [-0.2, -0.15) is 0 Å². The summed E-state index contributed by atoms with van der Waals surface area (Å²) in [6.45, 7) is 0.655. The van der Waals surface area contributed by atoms with Crippen molar-refractivity contribution in [2.75, 3.05) is 25.6 Å². The molecule has 6 heteroatoms. The van der Waals surface area contributed by atoms with E-state index in [0.717, 1.165) is 5.75 Å². The monoisotopic (exact) mass is 391 g/mol. The van der Waals surface area contributed by atoms with Crippen LogP contribution in [-0.2, 0) is 4.74 Å². The Hall–Kier alpha value is -3.80. The maximum atomic E-state index is 12.7. The molecule has 0 saturated carbocycles. The van der Waals surface area contributed by atoms with Gasteiger partial charge in [0.1, 0.15) is 24.7 Å². The van der Waals surface area contributed by atoms with E-state index in [4.69, 9.17) is 9.47 Å². The van der Waals surface area contributed by atoms with E-state index in [-0.39, 0.29) is 5.91 Å². The summed E-state index contributed by atoms with van der Waals surface area (Å²) >= 11 is 0. The highest BCUT2D eigenvalue weighted by Crippen LogP contribution is 2.20. The van der Waals surface area contributed by atoms with Crippen molar-refractivity contribution < 1.29 is 23.8 Å². The number of hydrogen-bond acceptors (Lipinski definition) is 5. The van der Waals surface area contributed by atoms with Crippen LogP contribution in [0.25, 0.3) is 0 Å². The second-order valence-electron chi connectivity index (χ2n) is 6.03. The number of nitrogens with one attached hydrogen (secondary N) is 1. The lowest BCUT2D eigenvalue weighted by atomic mass is 10.1. The zero-order chi connectivity index (χ0) is 20.5. The predicted molar refractivity (Wildman–Crippen MR) is 110 cm³/mol. The Morgan fingerprint density at radius 3 is 2.17 bits per heavy atom. The lowest BCUT2D eigenvalue weighted by Gasteiger charge is -2.12. The summed E-state index contributed by atoms with van der Waals surface area (Å²) in [5.41, 5.74) is 1.38. The molecule has 0 aliphatic heterocycles. The smallest absolute Gasteiger partial charge is 0.337 e. The Balaban J connectivity index is 1.58. The molecule has 148 valence electrons. The molecule has 29 heavy (non-hydrogen) atoms. The largest absolute Gasteiger partial charge is 0.490 e. The molecule has 0 heterocycles. The fraction of sp³-hybridized carbons (Fsp3) is 0.130. The Morgan fingerprint density at radius 1 is 0.793 bits per heavy atom. The minimum absolute atomic E-state index is 0.299. The number of para-hydroxylation sites is 2. The molecule has 3 aromatic rings. The van der Waals surface area contributed by atoms with Crippen LogP contribution in [-0.4, -0.2) is 32.2 Å². The average Bonchev–Trinajstić information content (AvgIpc) is 2.77. The van der Waals surface area contributed by atoms with E-state index < -0.39 is 5.97 Å². The first-order chi connectivity index (χ1) is 14.2. The van der Waals surface area contributed by atoms with Crippen LogP contribution in [0.4, 0.5) is 5.69 Å². The zero-order valence-electron chi connectivity index (χ0n) is 16.0. The number of anilines is 1. The summed E-state index contributed by atoms with van der Waals surface area (Å²) < 4.78 is 16.0. The van der Waals surface area contributed by atoms with Gasteiger partial charge in [-0.05, 0) is 48.5 Å². The number of methoxy groups -OCH3 is 1. The number of hydrogen-bond donors (Lipinski definition) is 1. The van der Waals surface area contributed by atoms with Crippen LogP contribution in [0.3, 0.4) is 0 Å². The van der Waals surface area contributed by atoms with Crippen LogP contribution in [0.1, 0.15) is 20.7 Å². The van der Waals surface area contributed by atoms with Crippen molar-refractivity contribution in [2.45, 2.75) is 0 Å². The SMILES string of the molecule is COC(=O)c1ccc(NC(=O)c2ccccc2OCCOc2ccccc2)cc1. The van der Waals surface area contributed by atoms with Crippen molar-refractivity contribution in [3.05, 3.63) is 90.0 Å². The van der Waals surface area contributed by atoms with E-state index in [1.807, 2.05) is 30.3 Å². The molecule has 0 aromatic heterocycles. The number of ether oxygens (including phenoxy) is 3. The number of carbonyl (C=O) groups is 2. The number of carbonyl (C=O) groups excluding carboxylic acids is 2. The van der Waals surface area contributed by atoms with Crippen LogP contribution in [0, 0.1) is 0 Å². The van der Waals surface area contributed by atoms with Crippen LogP contribution in [0.2, 0.25) is 0 Å². The van der Waals surface area contributed by atoms with Crippen molar-refractivity contribution in [1.82, 2.24) is 0 Å². The van der Waals surface area contributed by atoms with Gasteiger partial charge in [-0.3, -0.25) is 4.79 Å². The molecule has 0 bridgehead atoms. The van der Waals surface area contributed by atoms with Crippen molar-refractivity contribution >= 4 is 17.6 Å². The van der Waals surface area contributed by atoms with Gasteiger partial charge in [0.2, 0.25) is 0 Å². The minimum atomic E-state index is -0.431. The summed E-state index contributed by atoms with van der Waals surface area (Å²) in [5.74, 6) is 0.486. The van der Waals surface area contributed by atoms with Gasteiger partial charge >= 0.3 is 5.97 Å². The Kier molecular flexibility index (Phi) is 6.84. The van der Waals surface area contributed by atoms with E-state index in [1.165, 1.54) is 7.11 Å². The molecule has 0 radical (unpaired) electrons. The Morgan fingerprint density at radius 2 is 1.45 bits per heavy atom. The summed E-state index contributed by atoms with van der Waals surface area (Å²) in [6, 6.07) is 22.9. The van der Waals surface area contributed by atoms with E-state index in [2.05, 4.69) is 10.1 Å². The summed E-state index contributed by atoms with van der Waals surface area (Å²) in [7, 11) is 1.32. The number of esters is 1. The van der Waals surface area contributed by atoms with Gasteiger partial charge in [0, 0.05) is 5.69 Å². The van der Waals surface area contributed by atoms with Crippen LogP contribution in [0.15, 0.2) is 78.9 Å². The van der Waals surface area contributed by atoms with Gasteiger partial charge < -0.3 is 19.5 Å². The van der Waals surface area contributed by atoms with E-state index in [1.54, 1.807) is 48.5 Å². The van der Waals surface area contributed by atoms with Crippen LogP contribution < -0.4 is 14.8 Å². The number of amides is 1. The van der Waals surface area contributed by atoms with Gasteiger partial charge in [0.05, 0.1) is 18.2 Å². The highest BCUT2D eigenvalue weighted by atomic mass is 16.5. The normalized spacial score (nSPS) is 10.1. The topological polar surface area (TPSA) is 73.9 Å². The molecule has 1 N–H and O–H groups in total. The predicted octanol–water partition coefficient (Wildman–Crippen LogP) is 4.18. The molecular formula is C23H21NO5. The third-order valence-corrected chi connectivity index (χ3v) is 4.05. The summed E-state index contributed by atoms with van der Waals surface area (Å²) in [5, 5.41) is 2.80. The third-order valence-electron chi connectivity index (χ3n) is 4.05. The first-order valence-corrected chi connectivity index (χ1v) is 9.07. The Bertz CT molecular complexity index is 955. The van der Waals surface area contributed by atoms with Crippen molar-refractivity contribution in [3.63, 3.8) is 0 Å². The van der Waals surface area contributed by atoms with Gasteiger partial charge in [0.15, 0.2) is 0 Å². The van der Waals surface area contributed by atoms with Crippen LogP contribution >= 0.6 is 0 Å². The number of benzene rings is 3. The molecule has 3 aromatic carbocycles. The lowest BCUT2D eigenvalue weighted by Crippen LogP contribution is -2.15. The molecule has 0 aliphatic carbocycles. The maximum Gasteiger partial charge on any atom is 0.337 e. The molecule has 1 amide bonds. The first kappa shape index (κ1) is 19.9. The fourth-order valence-electron chi connectivity index (χ4n) is 2.61. The van der Waals surface area contributed by atoms with Crippen molar-refractivity contribution in [3.8, 4) is 11.5 Å². The third kappa shape index (κ3) is 5.59. The van der Waals surface area contributed by atoms with E-state index >= 15 is 0 Å². The van der Waals surface area contributed by atoms with Crippen LogP contribution in [0.5, 0.6) is 11.5 Å². The second-order valence-corrected chi connectivity index (χ2v) is 6.03. The molecule has 0 aliphatic rings. The fourth-order valence-corrected chi connectivity index (χ4v) is 2.61. The molecule has 0 saturated heterocycles. The molecule has 0 atom stereocenters. The van der Waals surface area contributed by atoms with Gasteiger partial charge in [-0.1, -0.05) is 30.3 Å². The quantitative estimate of drug-likeness (QED) is 0.461. The summed E-state index contributed by atoms with van der Waals surface area (Å²) in [4.78, 5) is 24.1. The van der Waals surface area contributed by atoms with Gasteiger partial charge in [0.25, 0.3) is 5.91 Å². The van der Waals surface area contributed by atoms with E-state index in [9.17, 15) is 9.59 Å². The molecule has 3 rings (SSSR count).